The number of aryl methyl sites for hydroxylation is 1. The van der Waals surface area contributed by atoms with Crippen molar-refractivity contribution in [2.45, 2.75) is 110 Å². The molecule has 4 atom stereocenters. The van der Waals surface area contributed by atoms with Gasteiger partial charge in [0.2, 0.25) is 5.91 Å². The van der Waals surface area contributed by atoms with Gasteiger partial charge in [0.1, 0.15) is 40.9 Å². The highest BCUT2D eigenvalue weighted by atomic mass is 19.1. The molecule has 8 heterocycles. The maximum Gasteiger partial charge on any atom is 0.410 e. The molecule has 5 fully saturated rings. The Morgan fingerprint density at radius 3 is 2.36 bits per heavy atom. The first kappa shape index (κ1) is 50.7. The number of benzene rings is 2. The number of methoxy groups -OCH3 is 1. The second-order valence-electron chi connectivity index (χ2n) is 22.2. The van der Waals surface area contributed by atoms with Crippen molar-refractivity contribution in [3.63, 3.8) is 0 Å². The van der Waals surface area contributed by atoms with Gasteiger partial charge in [-0.25, -0.2) is 9.18 Å². The zero-order valence-corrected chi connectivity index (χ0v) is 43.9. The zero-order valence-electron chi connectivity index (χ0n) is 43.9. The Bertz CT molecular complexity index is 2770. The minimum Gasteiger partial charge on any atom is -0.468 e. The fraction of sp³-hybridized carbons (Fsp3) is 0.600. The summed E-state index contributed by atoms with van der Waals surface area (Å²) in [7, 11) is 1.56. The van der Waals surface area contributed by atoms with Gasteiger partial charge in [-0.05, 0) is 94.2 Å². The molecule has 18 heteroatoms. The molecule has 0 radical (unpaired) electrons. The highest BCUT2D eigenvalue weighted by Crippen LogP contribution is 2.41. The molecule has 5 aromatic rings. The van der Waals surface area contributed by atoms with E-state index < -0.39 is 11.4 Å². The summed E-state index contributed by atoms with van der Waals surface area (Å²) in [6, 6.07) is 12.0. The number of rotatable bonds is 16. The molecule has 392 valence electrons. The number of ether oxygens (including phenoxy) is 4. The number of pyridine rings is 1. The van der Waals surface area contributed by atoms with Gasteiger partial charge < -0.3 is 43.1 Å². The van der Waals surface area contributed by atoms with Crippen molar-refractivity contribution < 1.29 is 37.5 Å². The summed E-state index contributed by atoms with van der Waals surface area (Å²) in [6.45, 7) is 23.3. The predicted molar refractivity (Wildman–Crippen MR) is 278 cm³/mol. The fourth-order valence-corrected chi connectivity index (χ4v) is 11.8. The number of aromatic nitrogens is 4. The van der Waals surface area contributed by atoms with Crippen LogP contribution in [0.15, 0.2) is 47.1 Å². The van der Waals surface area contributed by atoms with Crippen LogP contribution in [-0.4, -0.2) is 168 Å². The lowest BCUT2D eigenvalue weighted by Crippen LogP contribution is -2.57. The van der Waals surface area contributed by atoms with Crippen molar-refractivity contribution in [1.29, 1.82) is 0 Å². The van der Waals surface area contributed by atoms with Crippen molar-refractivity contribution in [2.24, 2.45) is 11.8 Å². The second kappa shape index (κ2) is 21.2. The first-order valence-corrected chi connectivity index (χ1v) is 26.6. The normalized spacial score (nSPS) is 21.4. The van der Waals surface area contributed by atoms with Crippen molar-refractivity contribution in [3.05, 3.63) is 59.7 Å². The van der Waals surface area contributed by atoms with Crippen molar-refractivity contribution >= 4 is 45.3 Å². The largest absolute Gasteiger partial charge is 0.468 e. The number of hydrogen-bond donors (Lipinski definition) is 0. The van der Waals surface area contributed by atoms with Crippen LogP contribution in [0.3, 0.4) is 0 Å². The van der Waals surface area contributed by atoms with E-state index in [2.05, 4.69) is 58.5 Å². The van der Waals surface area contributed by atoms with Crippen LogP contribution in [0.2, 0.25) is 0 Å². The van der Waals surface area contributed by atoms with Gasteiger partial charge in [0.25, 0.3) is 0 Å². The monoisotopic (exact) mass is 1000 g/mol. The third kappa shape index (κ3) is 10.6. The number of piperazine rings is 2. The van der Waals surface area contributed by atoms with Crippen LogP contribution in [0.1, 0.15) is 91.4 Å². The van der Waals surface area contributed by atoms with Gasteiger partial charge in [-0.15, -0.1) is 0 Å². The Hall–Kier alpha value is -5.85. The number of likely N-dealkylation sites (tertiary alicyclic amines) is 1. The van der Waals surface area contributed by atoms with Gasteiger partial charge in [-0.3, -0.25) is 19.6 Å². The molecule has 5 saturated heterocycles. The topological polar surface area (TPSA) is 155 Å². The van der Waals surface area contributed by atoms with E-state index in [1.807, 2.05) is 60.9 Å². The summed E-state index contributed by atoms with van der Waals surface area (Å²) >= 11 is 0. The fourth-order valence-electron chi connectivity index (χ4n) is 11.8. The first-order valence-electron chi connectivity index (χ1n) is 26.6. The van der Waals surface area contributed by atoms with Crippen LogP contribution in [0.25, 0.3) is 32.9 Å². The average Bonchev–Trinajstić information content (AvgIpc) is 4.08. The van der Waals surface area contributed by atoms with Gasteiger partial charge in [0, 0.05) is 109 Å². The summed E-state index contributed by atoms with van der Waals surface area (Å²) in [4.78, 5) is 54.8. The summed E-state index contributed by atoms with van der Waals surface area (Å²) in [5.74, 6) is 2.43. The molecule has 17 nitrogen and oxygen atoms in total. The number of amides is 2. The molecule has 0 N–H and O–H groups in total. The molecule has 73 heavy (non-hydrogen) atoms. The summed E-state index contributed by atoms with van der Waals surface area (Å²) in [6.07, 6.45) is 5.86. The maximum atomic E-state index is 17.5. The van der Waals surface area contributed by atoms with E-state index in [9.17, 15) is 9.59 Å². The molecule has 2 bridgehead atoms. The lowest BCUT2D eigenvalue weighted by molar-refractivity contribution is -0.134. The molecule has 0 saturated carbocycles. The average molecular weight is 1010 g/mol. The summed E-state index contributed by atoms with van der Waals surface area (Å²) < 4.78 is 46.8. The molecule has 0 aliphatic carbocycles. The maximum absolute atomic E-state index is 17.5. The van der Waals surface area contributed by atoms with E-state index in [1.165, 1.54) is 0 Å². The lowest BCUT2D eigenvalue weighted by atomic mass is 9.91. The predicted octanol–water partition coefficient (Wildman–Crippen LogP) is 7.99. The van der Waals surface area contributed by atoms with E-state index in [1.54, 1.807) is 13.3 Å². The molecule has 3 aromatic heterocycles. The van der Waals surface area contributed by atoms with E-state index in [4.69, 9.17) is 38.4 Å². The van der Waals surface area contributed by atoms with E-state index in [0.29, 0.717) is 60.4 Å². The van der Waals surface area contributed by atoms with Gasteiger partial charge in [-0.1, -0.05) is 44.1 Å². The Morgan fingerprint density at radius 2 is 1.67 bits per heavy atom. The van der Waals surface area contributed by atoms with Gasteiger partial charge >= 0.3 is 12.1 Å². The number of anilines is 2. The number of hydrogen-bond acceptors (Lipinski definition) is 15. The molecule has 2 aromatic carbocycles. The van der Waals surface area contributed by atoms with Crippen LogP contribution in [0.4, 0.5) is 20.8 Å². The van der Waals surface area contributed by atoms with E-state index >= 15 is 4.39 Å². The molecule has 0 spiro atoms. The number of halogens is 1. The van der Waals surface area contributed by atoms with Crippen molar-refractivity contribution in [2.75, 3.05) is 102 Å². The van der Waals surface area contributed by atoms with Gasteiger partial charge in [0.15, 0.2) is 24.2 Å². The second-order valence-corrected chi connectivity index (χ2v) is 22.2. The molecule has 10 rings (SSSR count). The number of carbonyl (C=O) groups excluding carboxylic acids is 2. The molecule has 5 aliphatic rings. The van der Waals surface area contributed by atoms with Gasteiger partial charge in [0.05, 0.1) is 17.5 Å². The number of nitrogens with zero attached hydrogens (tertiary/aromatic N) is 10. The Labute approximate surface area is 428 Å². The van der Waals surface area contributed by atoms with Crippen LogP contribution < -0.4 is 19.3 Å². The lowest BCUT2D eigenvalue weighted by Gasteiger charge is -2.43. The Balaban J connectivity index is 0.816. The Kier molecular flexibility index (Phi) is 14.7. The minimum absolute atomic E-state index is 0.0395. The Morgan fingerprint density at radius 1 is 0.918 bits per heavy atom. The molecular weight excluding hydrogens is 932 g/mol. The highest BCUT2D eigenvalue weighted by molar-refractivity contribution is 6.01. The summed E-state index contributed by atoms with van der Waals surface area (Å²) in [5.41, 5.74) is 1.31. The van der Waals surface area contributed by atoms with Crippen LogP contribution in [-0.2, 0) is 20.7 Å². The molecule has 5 aliphatic heterocycles. The van der Waals surface area contributed by atoms with E-state index in [0.717, 1.165) is 107 Å². The first-order chi connectivity index (χ1) is 35.2. The molecular formula is C55H73FN10O7. The minimum atomic E-state index is -0.616. The smallest absolute Gasteiger partial charge is 0.410 e. The van der Waals surface area contributed by atoms with Crippen LogP contribution in [0, 0.1) is 17.7 Å². The number of fused-ring (bicyclic) bond motifs is 4. The summed E-state index contributed by atoms with van der Waals surface area (Å²) in [5, 5.41) is 6.69. The zero-order chi connectivity index (χ0) is 51.1. The van der Waals surface area contributed by atoms with E-state index in [-0.39, 0.29) is 66.0 Å². The third-order valence-corrected chi connectivity index (χ3v) is 15.5. The molecule has 4 unspecified atom stereocenters. The van der Waals surface area contributed by atoms with Crippen molar-refractivity contribution in [1.82, 2.24) is 39.7 Å². The SMILES string of the molecule is CCc1cccc2cc(OCOC)cc(-c3ncc4c(N5CC6CCC(C5)N6C(=O)OC(C)(C)C)nc(OCCN5CCN(CC6CN(c7cc(C(C(=O)N8CCCC8C)C(C)C)on7)C6)CC5)nc4c3F)c12. The van der Waals surface area contributed by atoms with Crippen LogP contribution >= 0.6 is 0 Å². The third-order valence-electron chi connectivity index (χ3n) is 15.5. The van der Waals surface area contributed by atoms with Crippen LogP contribution in [0.5, 0.6) is 11.8 Å². The van der Waals surface area contributed by atoms with Crippen molar-refractivity contribution in [3.8, 4) is 23.0 Å². The quantitative estimate of drug-likeness (QED) is 0.0877. The van der Waals surface area contributed by atoms with Gasteiger partial charge in [-0.2, -0.15) is 9.97 Å². The molecule has 2 amide bonds. The highest BCUT2D eigenvalue weighted by Gasteiger charge is 2.45. The standard InChI is InChI=1S/C55H73FN10O7/c1-9-37-13-10-14-38-24-41(71-33-69-8)25-42(47(37)38)49-48(56)50-43(27-57-49)51(64-31-39-15-16-40(32-64)66(39)54(68)72-55(5,6)7)59-53(58-50)70-23-22-61-18-20-62(21-19-61)28-36-29-63(30-36)45-26-44(73-60-45)46(34(2)3)52(67)65-17-11-12-35(65)4/h10,13-14,24-27,34-36,39-40,46H,9,11-12,15-23,28-33H2,1-8H3. The number of carbonyl (C=O) groups is 2.